The maximum absolute atomic E-state index is 13.2. The topological polar surface area (TPSA) is 70.1 Å². The Balaban J connectivity index is 1.77. The molecule has 0 saturated carbocycles. The zero-order chi connectivity index (χ0) is 24.6. The van der Waals surface area contributed by atoms with Gasteiger partial charge in [0.1, 0.15) is 17.6 Å². The number of likely N-dealkylation sites (tertiary alicyclic amines) is 1. The third kappa shape index (κ3) is 4.60. The highest BCUT2D eigenvalue weighted by Crippen LogP contribution is 2.41. The quantitative estimate of drug-likeness (QED) is 0.373. The molecule has 0 spiro atoms. The van der Waals surface area contributed by atoms with Gasteiger partial charge in [0, 0.05) is 18.5 Å². The van der Waals surface area contributed by atoms with Gasteiger partial charge in [0.2, 0.25) is 0 Å². The van der Waals surface area contributed by atoms with Crippen molar-refractivity contribution < 1.29 is 19.4 Å². The molecule has 0 aliphatic carbocycles. The molecule has 2 aromatic rings. The maximum atomic E-state index is 13.2. The Labute approximate surface area is 201 Å². The summed E-state index contributed by atoms with van der Waals surface area (Å²) in [6.45, 7) is 7.48. The molecule has 2 aromatic carbocycles. The number of hydrogen-bond donors (Lipinski definition) is 1. The number of Topliss-reactive ketones (excluding diaryl/α,β-unsaturated/α-hetero) is 1. The number of amides is 1. The molecule has 1 amide bonds. The van der Waals surface area contributed by atoms with Gasteiger partial charge < -0.3 is 19.6 Å². The second-order valence-electron chi connectivity index (χ2n) is 9.93. The van der Waals surface area contributed by atoms with Crippen LogP contribution in [0.15, 0.2) is 48.0 Å². The molecule has 6 nitrogen and oxygen atoms in total. The molecule has 0 radical (unpaired) electrons. The normalized spacial score (nSPS) is 21.4. The Morgan fingerprint density at radius 3 is 2.50 bits per heavy atom. The summed E-state index contributed by atoms with van der Waals surface area (Å²) in [5.41, 5.74) is 3.69. The number of carbonyl (C=O) groups is 2. The average Bonchev–Trinajstić information content (AvgIpc) is 3.29. The van der Waals surface area contributed by atoms with Crippen molar-refractivity contribution in [2.24, 2.45) is 0 Å². The van der Waals surface area contributed by atoms with Crippen LogP contribution in [0.4, 0.5) is 0 Å². The van der Waals surface area contributed by atoms with Gasteiger partial charge in [-0.25, -0.2) is 0 Å². The van der Waals surface area contributed by atoms with E-state index in [1.54, 1.807) is 11.0 Å². The Kier molecular flexibility index (Phi) is 6.80. The predicted molar refractivity (Wildman–Crippen MR) is 133 cm³/mol. The van der Waals surface area contributed by atoms with Gasteiger partial charge in [0.15, 0.2) is 0 Å². The van der Waals surface area contributed by atoms with Crippen LogP contribution in [0.2, 0.25) is 0 Å². The highest BCUT2D eigenvalue weighted by molar-refractivity contribution is 6.46. The van der Waals surface area contributed by atoms with Crippen LogP contribution in [-0.4, -0.2) is 59.9 Å². The van der Waals surface area contributed by atoms with Crippen molar-refractivity contribution in [1.29, 1.82) is 0 Å². The van der Waals surface area contributed by atoms with Gasteiger partial charge >= 0.3 is 0 Å². The monoisotopic (exact) mass is 462 g/mol. The lowest BCUT2D eigenvalue weighted by Crippen LogP contribution is -2.32. The summed E-state index contributed by atoms with van der Waals surface area (Å²) in [6.07, 6.45) is 1.55. The van der Waals surface area contributed by atoms with Crippen molar-refractivity contribution in [1.82, 2.24) is 9.80 Å². The van der Waals surface area contributed by atoms with Crippen LogP contribution in [0.3, 0.4) is 0 Å². The highest BCUT2D eigenvalue weighted by atomic mass is 16.5. The smallest absolute Gasteiger partial charge is 0.295 e. The third-order valence-corrected chi connectivity index (χ3v) is 6.63. The van der Waals surface area contributed by atoms with Crippen molar-refractivity contribution in [3.05, 3.63) is 70.3 Å². The number of rotatable bonds is 7. The van der Waals surface area contributed by atoms with E-state index in [1.807, 2.05) is 57.4 Å². The molecule has 34 heavy (non-hydrogen) atoms. The van der Waals surface area contributed by atoms with Gasteiger partial charge in [-0.1, -0.05) is 38.1 Å². The minimum absolute atomic E-state index is 0.0779. The van der Waals surface area contributed by atoms with Gasteiger partial charge in [0.05, 0.1) is 11.6 Å². The van der Waals surface area contributed by atoms with Crippen LogP contribution < -0.4 is 4.74 Å². The highest BCUT2D eigenvalue weighted by Gasteiger charge is 2.45. The van der Waals surface area contributed by atoms with Crippen molar-refractivity contribution in [3.8, 4) is 5.75 Å². The molecule has 1 saturated heterocycles. The zero-order valence-corrected chi connectivity index (χ0v) is 20.7. The van der Waals surface area contributed by atoms with E-state index in [1.165, 1.54) is 5.56 Å². The van der Waals surface area contributed by atoms with Gasteiger partial charge in [0.25, 0.3) is 11.7 Å². The molecule has 6 heteroatoms. The molecule has 2 atom stereocenters. The molecule has 1 fully saturated rings. The van der Waals surface area contributed by atoms with Crippen molar-refractivity contribution >= 4 is 17.4 Å². The molecule has 2 heterocycles. The van der Waals surface area contributed by atoms with E-state index in [4.69, 9.17) is 4.74 Å². The summed E-state index contributed by atoms with van der Waals surface area (Å²) in [4.78, 5) is 30.0. The molecular formula is C28H34N2O4. The Bertz CT molecular complexity index is 1120. The number of aliphatic hydroxyl groups excluding tert-OH is 1. The van der Waals surface area contributed by atoms with Crippen LogP contribution in [0, 0.1) is 0 Å². The lowest BCUT2D eigenvalue weighted by Gasteiger charge is -2.26. The van der Waals surface area contributed by atoms with E-state index in [-0.39, 0.29) is 17.4 Å². The summed E-state index contributed by atoms with van der Waals surface area (Å²) in [5.74, 6) is -0.152. The van der Waals surface area contributed by atoms with Crippen LogP contribution in [0.1, 0.15) is 61.4 Å². The average molecular weight is 463 g/mol. The first-order chi connectivity index (χ1) is 16.2. The summed E-state index contributed by atoms with van der Waals surface area (Å²) in [6, 6.07) is 12.8. The number of ether oxygens (including phenoxy) is 1. The minimum Gasteiger partial charge on any atom is -0.507 e. The van der Waals surface area contributed by atoms with E-state index >= 15 is 0 Å². The Hall–Kier alpha value is -3.12. The molecule has 180 valence electrons. The van der Waals surface area contributed by atoms with E-state index in [2.05, 4.69) is 18.7 Å². The van der Waals surface area contributed by atoms with E-state index in [0.717, 1.165) is 36.3 Å². The first-order valence-corrected chi connectivity index (χ1v) is 12.0. The van der Waals surface area contributed by atoms with Crippen molar-refractivity contribution in [2.75, 3.05) is 27.2 Å². The number of benzene rings is 2. The fourth-order valence-corrected chi connectivity index (χ4v) is 4.80. The van der Waals surface area contributed by atoms with E-state index in [9.17, 15) is 14.7 Å². The summed E-state index contributed by atoms with van der Waals surface area (Å²) >= 11 is 0. The lowest BCUT2D eigenvalue weighted by atomic mass is 9.92. The SMILES string of the molecule is CC(C)c1ccc([C@@H]2C(=C(O)c3ccc4c(c3)C[C@H](C)O4)C(=O)C(=O)N2CCCN(C)C)cc1. The Morgan fingerprint density at radius 2 is 1.85 bits per heavy atom. The molecule has 4 rings (SSSR count). The number of nitrogens with zero attached hydrogens (tertiary/aromatic N) is 2. The van der Waals surface area contributed by atoms with Crippen LogP contribution >= 0.6 is 0 Å². The third-order valence-electron chi connectivity index (χ3n) is 6.63. The van der Waals surface area contributed by atoms with Crippen molar-refractivity contribution in [2.45, 2.75) is 51.7 Å². The standard InChI is InChI=1S/C28H34N2O4/c1-17(2)19-7-9-20(10-8-19)25-24(27(32)28(33)30(25)14-6-13-29(4)5)26(31)21-11-12-23-22(16-21)15-18(3)34-23/h7-12,16-18,25,31H,6,13-15H2,1-5H3/t18-,25+/m0/s1. The summed E-state index contributed by atoms with van der Waals surface area (Å²) in [7, 11) is 3.96. The molecule has 2 aliphatic rings. The molecule has 1 N–H and O–H groups in total. The molecule has 0 unspecified atom stereocenters. The van der Waals surface area contributed by atoms with Gasteiger partial charge in [-0.15, -0.1) is 0 Å². The number of fused-ring (bicyclic) bond motifs is 1. The predicted octanol–water partition coefficient (Wildman–Crippen LogP) is 4.51. The number of hydrogen-bond acceptors (Lipinski definition) is 5. The molecular weight excluding hydrogens is 428 g/mol. The summed E-state index contributed by atoms with van der Waals surface area (Å²) in [5, 5.41) is 11.3. The number of ketones is 1. The zero-order valence-electron chi connectivity index (χ0n) is 20.7. The van der Waals surface area contributed by atoms with Gasteiger partial charge in [-0.05, 0) is 74.8 Å². The number of carbonyl (C=O) groups excluding carboxylic acids is 2. The second-order valence-corrected chi connectivity index (χ2v) is 9.93. The second kappa shape index (κ2) is 9.63. The largest absolute Gasteiger partial charge is 0.507 e. The fourth-order valence-electron chi connectivity index (χ4n) is 4.80. The van der Waals surface area contributed by atoms with E-state index in [0.29, 0.717) is 18.0 Å². The van der Waals surface area contributed by atoms with Crippen LogP contribution in [0.25, 0.3) is 5.76 Å². The molecule has 0 bridgehead atoms. The molecule has 0 aromatic heterocycles. The van der Waals surface area contributed by atoms with Crippen LogP contribution in [-0.2, 0) is 16.0 Å². The summed E-state index contributed by atoms with van der Waals surface area (Å²) < 4.78 is 5.78. The van der Waals surface area contributed by atoms with E-state index < -0.39 is 17.7 Å². The van der Waals surface area contributed by atoms with Gasteiger partial charge in [-0.3, -0.25) is 9.59 Å². The molecule has 2 aliphatic heterocycles. The lowest BCUT2D eigenvalue weighted by molar-refractivity contribution is -0.139. The van der Waals surface area contributed by atoms with Crippen LogP contribution in [0.5, 0.6) is 5.75 Å². The minimum atomic E-state index is -0.634. The Morgan fingerprint density at radius 1 is 1.15 bits per heavy atom. The first kappa shape index (κ1) is 24.0. The maximum Gasteiger partial charge on any atom is 0.295 e. The first-order valence-electron chi connectivity index (χ1n) is 12.0. The van der Waals surface area contributed by atoms with Crippen molar-refractivity contribution in [3.63, 3.8) is 0 Å². The number of aliphatic hydroxyl groups is 1. The fraction of sp³-hybridized carbons (Fsp3) is 0.429. The van der Waals surface area contributed by atoms with Gasteiger partial charge in [-0.2, -0.15) is 0 Å².